The number of hydrogen-bond donors (Lipinski definition) is 0. The molecular weight excluding hydrogens is 318 g/mol. The van der Waals surface area contributed by atoms with Gasteiger partial charge in [0.1, 0.15) is 19.3 Å². The first-order chi connectivity index (χ1) is 9.98. The summed E-state index contributed by atoms with van der Waals surface area (Å²) >= 11 is 0. The summed E-state index contributed by atoms with van der Waals surface area (Å²) in [6, 6.07) is 1.32. The van der Waals surface area contributed by atoms with Gasteiger partial charge in [0, 0.05) is 6.20 Å². The molecule has 0 radical (unpaired) electrons. The minimum absolute atomic E-state index is 0.0655. The number of aromatic nitrogens is 2. The molecule has 0 saturated carbocycles. The van der Waals surface area contributed by atoms with Gasteiger partial charge in [-0.1, -0.05) is 0 Å². The van der Waals surface area contributed by atoms with Crippen molar-refractivity contribution in [3.63, 3.8) is 0 Å². The van der Waals surface area contributed by atoms with Crippen molar-refractivity contribution in [2.45, 2.75) is 38.4 Å². The van der Waals surface area contributed by atoms with Crippen LogP contribution < -0.4 is 0 Å². The van der Waals surface area contributed by atoms with Gasteiger partial charge in [0.2, 0.25) is 0 Å². The number of rotatable bonds is 6. The SMILES string of the molecule is CC(OCC(F)(F)F)c1ccnc(C(C)OCC(F)(F)F)n1. The van der Waals surface area contributed by atoms with Crippen LogP contribution in [-0.2, 0) is 9.47 Å². The van der Waals surface area contributed by atoms with E-state index >= 15 is 0 Å². The molecule has 2 unspecified atom stereocenters. The van der Waals surface area contributed by atoms with Crippen LogP contribution in [0.2, 0.25) is 0 Å². The van der Waals surface area contributed by atoms with Crippen molar-refractivity contribution in [2.24, 2.45) is 0 Å². The third-order valence-electron chi connectivity index (χ3n) is 2.47. The standard InChI is InChI=1S/C12H14F6N2O2/c1-7(21-5-11(13,14)15)9-3-4-19-10(20-9)8(2)22-6-12(16,17)18/h3-4,7-8H,5-6H2,1-2H3. The summed E-state index contributed by atoms with van der Waals surface area (Å²) in [6.45, 7) is -0.263. The van der Waals surface area contributed by atoms with Gasteiger partial charge in [0.05, 0.1) is 11.8 Å². The summed E-state index contributed by atoms with van der Waals surface area (Å²) in [4.78, 5) is 7.63. The van der Waals surface area contributed by atoms with E-state index in [4.69, 9.17) is 0 Å². The molecule has 126 valence electrons. The van der Waals surface area contributed by atoms with Crippen molar-refractivity contribution >= 4 is 0 Å². The molecule has 0 aliphatic carbocycles. The monoisotopic (exact) mass is 332 g/mol. The molecule has 1 aromatic heterocycles. The molecule has 4 nitrogen and oxygen atoms in total. The van der Waals surface area contributed by atoms with Crippen molar-refractivity contribution in [1.29, 1.82) is 0 Å². The smallest absolute Gasteiger partial charge is 0.363 e. The third-order valence-corrected chi connectivity index (χ3v) is 2.47. The molecule has 10 heteroatoms. The average molecular weight is 332 g/mol. The van der Waals surface area contributed by atoms with Crippen LogP contribution in [0, 0.1) is 0 Å². The quantitative estimate of drug-likeness (QED) is 0.744. The molecule has 0 bridgehead atoms. The molecule has 2 atom stereocenters. The number of hydrogen-bond acceptors (Lipinski definition) is 4. The zero-order valence-electron chi connectivity index (χ0n) is 11.7. The van der Waals surface area contributed by atoms with Gasteiger partial charge in [-0.3, -0.25) is 0 Å². The van der Waals surface area contributed by atoms with Gasteiger partial charge in [-0.25, -0.2) is 9.97 Å². The molecule has 0 fully saturated rings. The lowest BCUT2D eigenvalue weighted by Gasteiger charge is -2.17. The zero-order chi connectivity index (χ0) is 17.0. The van der Waals surface area contributed by atoms with Crippen LogP contribution >= 0.6 is 0 Å². The van der Waals surface area contributed by atoms with E-state index in [1.807, 2.05) is 0 Å². The van der Waals surface area contributed by atoms with E-state index in [1.165, 1.54) is 26.1 Å². The fraction of sp³-hybridized carbons (Fsp3) is 0.667. The number of alkyl halides is 6. The predicted octanol–water partition coefficient (Wildman–Crippen LogP) is 3.76. The molecule has 0 amide bonds. The molecular formula is C12H14F6N2O2. The maximum Gasteiger partial charge on any atom is 0.411 e. The molecule has 22 heavy (non-hydrogen) atoms. The van der Waals surface area contributed by atoms with Gasteiger partial charge in [-0.05, 0) is 19.9 Å². The van der Waals surface area contributed by atoms with Crippen molar-refractivity contribution in [3.8, 4) is 0 Å². The highest BCUT2D eigenvalue weighted by molar-refractivity contribution is 5.06. The topological polar surface area (TPSA) is 44.2 Å². The first-order valence-electron chi connectivity index (χ1n) is 6.17. The highest BCUT2D eigenvalue weighted by Gasteiger charge is 2.30. The molecule has 0 aromatic carbocycles. The second-order valence-corrected chi connectivity index (χ2v) is 4.48. The normalized spacial score (nSPS) is 15.6. The Labute approximate surface area is 122 Å². The summed E-state index contributed by atoms with van der Waals surface area (Å²) in [5, 5.41) is 0. The lowest BCUT2D eigenvalue weighted by Crippen LogP contribution is -2.20. The van der Waals surface area contributed by atoms with E-state index < -0.39 is 37.8 Å². The largest absolute Gasteiger partial charge is 0.411 e. The lowest BCUT2D eigenvalue weighted by molar-refractivity contribution is -0.185. The molecule has 0 N–H and O–H groups in total. The molecule has 1 heterocycles. The molecule has 1 rings (SSSR count). The van der Waals surface area contributed by atoms with E-state index in [1.54, 1.807) is 0 Å². The van der Waals surface area contributed by atoms with Crippen molar-refractivity contribution in [1.82, 2.24) is 9.97 Å². The first kappa shape index (κ1) is 18.6. The van der Waals surface area contributed by atoms with Crippen molar-refractivity contribution in [3.05, 3.63) is 23.8 Å². The van der Waals surface area contributed by atoms with Crippen molar-refractivity contribution < 1.29 is 35.8 Å². The lowest BCUT2D eigenvalue weighted by atomic mass is 10.2. The van der Waals surface area contributed by atoms with Crippen LogP contribution in [0.3, 0.4) is 0 Å². The van der Waals surface area contributed by atoms with Crippen LogP contribution in [0.15, 0.2) is 12.3 Å². The third kappa shape index (κ3) is 7.03. The Morgan fingerprint density at radius 1 is 0.955 bits per heavy atom. The average Bonchev–Trinajstić information content (AvgIpc) is 2.40. The Kier molecular flexibility index (Phi) is 6.12. The van der Waals surface area contributed by atoms with Crippen LogP contribution in [-0.4, -0.2) is 35.5 Å². The fourth-order valence-electron chi connectivity index (χ4n) is 1.41. The van der Waals surface area contributed by atoms with Crippen molar-refractivity contribution in [2.75, 3.05) is 13.2 Å². The summed E-state index contributed by atoms with van der Waals surface area (Å²) < 4.78 is 81.6. The van der Waals surface area contributed by atoms with Gasteiger partial charge in [-0.15, -0.1) is 0 Å². The Bertz CT molecular complexity index is 438. The molecule has 0 aliphatic heterocycles. The van der Waals surface area contributed by atoms with Crippen LogP contribution in [0.25, 0.3) is 0 Å². The van der Waals surface area contributed by atoms with Crippen LogP contribution in [0.4, 0.5) is 26.3 Å². The Hall–Kier alpha value is -1.42. The van der Waals surface area contributed by atoms with Crippen LogP contribution in [0.1, 0.15) is 37.6 Å². The minimum atomic E-state index is -4.49. The van der Waals surface area contributed by atoms with Gasteiger partial charge in [0.15, 0.2) is 5.82 Å². The maximum atomic E-state index is 12.1. The first-order valence-corrected chi connectivity index (χ1v) is 6.17. The van der Waals surface area contributed by atoms with Gasteiger partial charge in [-0.2, -0.15) is 26.3 Å². The highest BCUT2D eigenvalue weighted by Crippen LogP contribution is 2.23. The number of nitrogens with zero attached hydrogens (tertiary/aromatic N) is 2. The Morgan fingerprint density at radius 2 is 1.45 bits per heavy atom. The predicted molar refractivity (Wildman–Crippen MR) is 62.9 cm³/mol. The summed E-state index contributed by atoms with van der Waals surface area (Å²) in [6.07, 6.45) is -9.80. The molecule has 1 aromatic rings. The zero-order valence-corrected chi connectivity index (χ0v) is 11.7. The van der Waals surface area contributed by atoms with Crippen LogP contribution in [0.5, 0.6) is 0 Å². The molecule has 0 aliphatic rings. The maximum absolute atomic E-state index is 12.1. The number of halogens is 6. The Balaban J connectivity index is 2.68. The second-order valence-electron chi connectivity index (χ2n) is 4.48. The minimum Gasteiger partial charge on any atom is -0.363 e. The molecule has 0 saturated heterocycles. The summed E-state index contributed by atoms with van der Waals surface area (Å²) in [5.74, 6) is -0.0655. The highest BCUT2D eigenvalue weighted by atomic mass is 19.4. The Morgan fingerprint density at radius 3 is 1.95 bits per heavy atom. The van der Waals surface area contributed by atoms with E-state index in [0.717, 1.165) is 0 Å². The fourth-order valence-corrected chi connectivity index (χ4v) is 1.41. The number of ether oxygens (including phenoxy) is 2. The second kappa shape index (κ2) is 7.23. The van der Waals surface area contributed by atoms with E-state index in [0.29, 0.717) is 0 Å². The van der Waals surface area contributed by atoms with Gasteiger partial charge >= 0.3 is 12.4 Å². The van der Waals surface area contributed by atoms with Gasteiger partial charge in [0.25, 0.3) is 0 Å². The van der Waals surface area contributed by atoms with E-state index in [9.17, 15) is 26.3 Å². The van der Waals surface area contributed by atoms with Gasteiger partial charge < -0.3 is 9.47 Å². The van der Waals surface area contributed by atoms with E-state index in [2.05, 4.69) is 19.4 Å². The molecule has 0 spiro atoms. The van der Waals surface area contributed by atoms with E-state index in [-0.39, 0.29) is 11.5 Å². The summed E-state index contributed by atoms with van der Waals surface area (Å²) in [5.41, 5.74) is 0.122. The summed E-state index contributed by atoms with van der Waals surface area (Å²) in [7, 11) is 0.